The van der Waals surface area contributed by atoms with Gasteiger partial charge in [-0.25, -0.2) is 18.2 Å². The molecule has 1 heterocycles. The molecule has 1 saturated heterocycles. The highest BCUT2D eigenvalue weighted by Gasteiger charge is 2.32. The molecular formula is C19H19BrFN3O3S. The minimum Gasteiger partial charge on any atom is -0.273 e. The lowest BCUT2D eigenvalue weighted by molar-refractivity contribution is -0.126. The van der Waals surface area contributed by atoms with E-state index in [1.165, 1.54) is 16.6 Å². The summed E-state index contributed by atoms with van der Waals surface area (Å²) in [4.78, 5) is 12.5. The van der Waals surface area contributed by atoms with Crippen LogP contribution in [-0.2, 0) is 14.8 Å². The summed E-state index contributed by atoms with van der Waals surface area (Å²) in [6.45, 7) is 0.515. The summed E-state index contributed by atoms with van der Waals surface area (Å²) in [6.07, 6.45) is 2.05. The van der Waals surface area contributed by atoms with E-state index in [1.807, 2.05) is 0 Å². The van der Waals surface area contributed by atoms with Crippen molar-refractivity contribution in [2.45, 2.75) is 17.7 Å². The number of halogens is 2. The zero-order valence-electron chi connectivity index (χ0n) is 14.9. The van der Waals surface area contributed by atoms with E-state index >= 15 is 0 Å². The van der Waals surface area contributed by atoms with Gasteiger partial charge in [-0.3, -0.25) is 4.79 Å². The van der Waals surface area contributed by atoms with Crippen LogP contribution in [0, 0.1) is 11.7 Å². The first-order chi connectivity index (χ1) is 13.4. The van der Waals surface area contributed by atoms with E-state index in [0.717, 1.165) is 4.47 Å². The normalized spacial score (nSPS) is 16.4. The average Bonchev–Trinajstić information content (AvgIpc) is 2.70. The van der Waals surface area contributed by atoms with Gasteiger partial charge < -0.3 is 0 Å². The van der Waals surface area contributed by atoms with Crippen molar-refractivity contribution in [3.8, 4) is 0 Å². The molecule has 0 unspecified atom stereocenters. The summed E-state index contributed by atoms with van der Waals surface area (Å²) >= 11 is 3.29. The molecule has 1 N–H and O–H groups in total. The highest BCUT2D eigenvalue weighted by molar-refractivity contribution is 9.10. The van der Waals surface area contributed by atoms with Gasteiger partial charge in [0.2, 0.25) is 15.9 Å². The van der Waals surface area contributed by atoms with Crippen molar-refractivity contribution in [3.63, 3.8) is 0 Å². The maximum Gasteiger partial charge on any atom is 0.243 e. The Bertz CT molecular complexity index is 972. The van der Waals surface area contributed by atoms with Gasteiger partial charge in [-0.15, -0.1) is 0 Å². The third kappa shape index (κ3) is 4.84. The Hall–Kier alpha value is -2.10. The number of hydrazone groups is 1. The summed E-state index contributed by atoms with van der Waals surface area (Å²) in [7, 11) is -3.58. The van der Waals surface area contributed by atoms with Crippen molar-refractivity contribution >= 4 is 38.1 Å². The zero-order valence-corrected chi connectivity index (χ0v) is 17.3. The van der Waals surface area contributed by atoms with Crippen LogP contribution in [0.25, 0.3) is 0 Å². The SMILES string of the molecule is O=C(N/N=C\c1ccccc1F)C1CCN(S(=O)(=O)c2ccc(Br)cc2)CC1. The van der Waals surface area contributed by atoms with Gasteiger partial charge in [0.1, 0.15) is 5.82 Å². The standard InChI is InChI=1S/C19H19BrFN3O3S/c20-16-5-7-17(8-6-16)28(26,27)24-11-9-14(10-12-24)19(25)23-22-13-15-3-1-2-4-18(15)21/h1-8,13-14H,9-12H2,(H,23,25)/b22-13-. The molecule has 9 heteroatoms. The van der Waals surface area contributed by atoms with Crippen molar-refractivity contribution in [2.24, 2.45) is 11.0 Å². The van der Waals surface area contributed by atoms with E-state index in [9.17, 15) is 17.6 Å². The van der Waals surface area contributed by atoms with Gasteiger partial charge in [-0.2, -0.15) is 9.41 Å². The average molecular weight is 468 g/mol. The van der Waals surface area contributed by atoms with Crippen molar-refractivity contribution in [3.05, 3.63) is 64.4 Å². The Morgan fingerprint density at radius 1 is 1.14 bits per heavy atom. The molecule has 1 amide bonds. The van der Waals surface area contributed by atoms with Gasteiger partial charge in [0.25, 0.3) is 0 Å². The minimum atomic E-state index is -3.58. The zero-order chi connectivity index (χ0) is 20.1. The molecule has 0 aromatic heterocycles. The van der Waals surface area contributed by atoms with Crippen LogP contribution in [-0.4, -0.2) is 37.9 Å². The molecule has 1 aliphatic rings. The van der Waals surface area contributed by atoms with Crippen LogP contribution in [0.5, 0.6) is 0 Å². The number of nitrogens with one attached hydrogen (secondary N) is 1. The predicted octanol–water partition coefficient (Wildman–Crippen LogP) is 3.14. The second kappa shape index (κ2) is 8.93. The molecule has 28 heavy (non-hydrogen) atoms. The summed E-state index contributed by atoms with van der Waals surface area (Å²) in [5, 5.41) is 3.80. The summed E-state index contributed by atoms with van der Waals surface area (Å²) in [5.41, 5.74) is 2.69. The molecule has 1 fully saturated rings. The molecule has 0 atom stereocenters. The summed E-state index contributed by atoms with van der Waals surface area (Å²) in [5.74, 6) is -1.06. The molecule has 0 aliphatic carbocycles. The first-order valence-electron chi connectivity index (χ1n) is 8.71. The number of benzene rings is 2. The van der Waals surface area contributed by atoms with Gasteiger partial charge in [-0.05, 0) is 43.2 Å². The topological polar surface area (TPSA) is 78.8 Å². The molecule has 148 valence electrons. The van der Waals surface area contributed by atoms with Crippen molar-refractivity contribution in [2.75, 3.05) is 13.1 Å². The summed E-state index contributed by atoms with van der Waals surface area (Å²) in [6, 6.07) is 12.6. The van der Waals surface area contributed by atoms with Crippen LogP contribution in [0.2, 0.25) is 0 Å². The lowest BCUT2D eigenvalue weighted by Crippen LogP contribution is -2.42. The molecule has 0 radical (unpaired) electrons. The van der Waals surface area contributed by atoms with Crippen LogP contribution in [0.3, 0.4) is 0 Å². The number of hydrogen-bond acceptors (Lipinski definition) is 4. The van der Waals surface area contributed by atoms with Crippen molar-refractivity contribution in [1.29, 1.82) is 0 Å². The predicted molar refractivity (Wildman–Crippen MR) is 108 cm³/mol. The Morgan fingerprint density at radius 2 is 1.79 bits per heavy atom. The van der Waals surface area contributed by atoms with E-state index in [-0.39, 0.29) is 35.4 Å². The number of carbonyl (C=O) groups is 1. The minimum absolute atomic E-state index is 0.230. The van der Waals surface area contributed by atoms with E-state index < -0.39 is 15.8 Å². The van der Waals surface area contributed by atoms with Gasteiger partial charge in [-0.1, -0.05) is 34.1 Å². The number of amides is 1. The molecule has 0 bridgehead atoms. The fourth-order valence-electron chi connectivity index (χ4n) is 2.95. The number of rotatable bonds is 5. The lowest BCUT2D eigenvalue weighted by Gasteiger charge is -2.30. The molecular weight excluding hydrogens is 449 g/mol. The summed E-state index contributed by atoms with van der Waals surface area (Å²) < 4.78 is 41.1. The van der Waals surface area contributed by atoms with E-state index in [4.69, 9.17) is 0 Å². The number of sulfonamides is 1. The monoisotopic (exact) mass is 467 g/mol. The fourth-order valence-corrected chi connectivity index (χ4v) is 4.68. The van der Waals surface area contributed by atoms with Crippen LogP contribution < -0.4 is 5.43 Å². The number of piperidine rings is 1. The fraction of sp³-hybridized carbons (Fsp3) is 0.263. The highest BCUT2D eigenvalue weighted by Crippen LogP contribution is 2.25. The van der Waals surface area contributed by atoms with Gasteiger partial charge >= 0.3 is 0 Å². The van der Waals surface area contributed by atoms with Crippen LogP contribution >= 0.6 is 15.9 Å². The third-order valence-corrected chi connectivity index (χ3v) is 7.00. The second-order valence-corrected chi connectivity index (χ2v) is 9.24. The van der Waals surface area contributed by atoms with Gasteiger partial charge in [0.05, 0.1) is 11.1 Å². The Kier molecular flexibility index (Phi) is 6.58. The highest BCUT2D eigenvalue weighted by atomic mass is 79.9. The quantitative estimate of drug-likeness (QED) is 0.541. The molecule has 2 aromatic rings. The van der Waals surface area contributed by atoms with E-state index in [0.29, 0.717) is 12.8 Å². The molecule has 1 aliphatic heterocycles. The maximum atomic E-state index is 13.5. The van der Waals surface area contributed by atoms with E-state index in [2.05, 4.69) is 26.5 Å². The maximum absolute atomic E-state index is 13.5. The number of nitrogens with zero attached hydrogens (tertiary/aromatic N) is 2. The molecule has 2 aromatic carbocycles. The van der Waals surface area contributed by atoms with Gasteiger partial charge in [0, 0.05) is 29.0 Å². The number of carbonyl (C=O) groups excluding carboxylic acids is 1. The smallest absolute Gasteiger partial charge is 0.243 e. The molecule has 0 saturated carbocycles. The molecule has 6 nitrogen and oxygen atoms in total. The van der Waals surface area contributed by atoms with Crippen molar-refractivity contribution in [1.82, 2.24) is 9.73 Å². The van der Waals surface area contributed by atoms with Crippen LogP contribution in [0.15, 0.2) is 63.0 Å². The molecule has 3 rings (SSSR count). The van der Waals surface area contributed by atoms with Crippen LogP contribution in [0.4, 0.5) is 4.39 Å². The van der Waals surface area contributed by atoms with Crippen molar-refractivity contribution < 1.29 is 17.6 Å². The first kappa shape index (κ1) is 20.6. The Balaban J connectivity index is 1.55. The Morgan fingerprint density at radius 3 is 2.43 bits per heavy atom. The number of hydrogen-bond donors (Lipinski definition) is 1. The largest absolute Gasteiger partial charge is 0.273 e. The first-order valence-corrected chi connectivity index (χ1v) is 10.9. The third-order valence-electron chi connectivity index (χ3n) is 4.56. The van der Waals surface area contributed by atoms with Crippen LogP contribution in [0.1, 0.15) is 18.4 Å². The lowest BCUT2D eigenvalue weighted by atomic mass is 9.98. The second-order valence-electron chi connectivity index (χ2n) is 6.39. The molecule has 0 spiro atoms. The van der Waals surface area contributed by atoms with E-state index in [1.54, 1.807) is 42.5 Å². The van der Waals surface area contributed by atoms with Gasteiger partial charge in [0.15, 0.2) is 0 Å². The Labute approximate surface area is 171 Å².